The number of hydrazine groups is 1. The molecular weight excluding hydrogens is 352 g/mol. The van der Waals surface area contributed by atoms with E-state index in [9.17, 15) is 9.59 Å². The molecule has 2 rings (SSSR count). The number of hydrogen-bond acceptors (Lipinski definition) is 3. The molecule has 2 amide bonds. The second-order valence-electron chi connectivity index (χ2n) is 6.33. The van der Waals surface area contributed by atoms with Gasteiger partial charge in [-0.05, 0) is 42.2 Å². The first kappa shape index (κ1) is 19.8. The molecule has 26 heavy (non-hydrogen) atoms. The molecule has 2 N–H and O–H groups in total. The van der Waals surface area contributed by atoms with Crippen molar-refractivity contribution in [3.63, 3.8) is 0 Å². The smallest absolute Gasteiger partial charge is 0.273 e. The average Bonchev–Trinajstić information content (AvgIpc) is 2.62. The Balaban J connectivity index is 1.89. The average molecular weight is 375 g/mol. The highest BCUT2D eigenvalue weighted by Gasteiger charge is 2.13. The molecule has 0 atom stereocenters. The Morgan fingerprint density at radius 1 is 1.04 bits per heavy atom. The topological polar surface area (TPSA) is 67.4 Å². The number of benzene rings is 2. The first-order valence-electron chi connectivity index (χ1n) is 8.51. The summed E-state index contributed by atoms with van der Waals surface area (Å²) >= 11 is 5.82. The molecule has 6 heteroatoms. The Morgan fingerprint density at radius 2 is 1.73 bits per heavy atom. The number of hydrogen-bond donors (Lipinski definition) is 2. The number of carbonyl (C=O) groups excluding carboxylic acids is 2. The number of amides is 2. The zero-order valence-electron chi connectivity index (χ0n) is 14.9. The van der Waals surface area contributed by atoms with Gasteiger partial charge in [0.05, 0.1) is 18.6 Å². The number of carbonyl (C=O) groups is 2. The van der Waals surface area contributed by atoms with Crippen molar-refractivity contribution >= 4 is 23.4 Å². The first-order chi connectivity index (χ1) is 12.5. The SMILES string of the molecule is CC(C)CCOc1ccccc1C(=O)NNC(=O)Cc1ccc(Cl)cc1. The lowest BCUT2D eigenvalue weighted by Gasteiger charge is -2.13. The zero-order chi connectivity index (χ0) is 18.9. The van der Waals surface area contributed by atoms with Crippen LogP contribution in [0.5, 0.6) is 5.75 Å². The molecule has 0 aromatic heterocycles. The van der Waals surface area contributed by atoms with Gasteiger partial charge in [0.2, 0.25) is 5.91 Å². The maximum atomic E-state index is 12.3. The van der Waals surface area contributed by atoms with Crippen molar-refractivity contribution in [2.75, 3.05) is 6.61 Å². The van der Waals surface area contributed by atoms with Crippen molar-refractivity contribution in [1.82, 2.24) is 10.9 Å². The van der Waals surface area contributed by atoms with Crippen molar-refractivity contribution in [3.05, 3.63) is 64.7 Å². The number of halogens is 1. The van der Waals surface area contributed by atoms with Gasteiger partial charge in [-0.15, -0.1) is 0 Å². The molecular formula is C20H23ClN2O3. The maximum absolute atomic E-state index is 12.3. The first-order valence-corrected chi connectivity index (χ1v) is 8.89. The predicted octanol–water partition coefficient (Wildman–Crippen LogP) is 3.77. The molecule has 138 valence electrons. The zero-order valence-corrected chi connectivity index (χ0v) is 15.7. The summed E-state index contributed by atoms with van der Waals surface area (Å²) < 4.78 is 5.70. The molecule has 0 unspecified atom stereocenters. The normalized spacial score (nSPS) is 10.5. The molecule has 0 fully saturated rings. The van der Waals surface area contributed by atoms with E-state index in [1.807, 2.05) is 0 Å². The van der Waals surface area contributed by atoms with E-state index in [0.29, 0.717) is 28.9 Å². The summed E-state index contributed by atoms with van der Waals surface area (Å²) in [5, 5.41) is 0.608. The van der Waals surface area contributed by atoms with E-state index in [-0.39, 0.29) is 12.3 Å². The number of rotatable bonds is 7. The summed E-state index contributed by atoms with van der Waals surface area (Å²) in [4.78, 5) is 24.3. The largest absolute Gasteiger partial charge is 0.493 e. The van der Waals surface area contributed by atoms with Crippen LogP contribution in [-0.2, 0) is 11.2 Å². The second kappa shape index (κ2) is 9.82. The molecule has 0 saturated carbocycles. The Bertz CT molecular complexity index is 745. The monoisotopic (exact) mass is 374 g/mol. The lowest BCUT2D eigenvalue weighted by atomic mass is 10.1. The molecule has 0 bridgehead atoms. The molecule has 0 heterocycles. The van der Waals surface area contributed by atoms with Gasteiger partial charge in [-0.2, -0.15) is 0 Å². The van der Waals surface area contributed by atoms with E-state index in [1.54, 1.807) is 48.5 Å². The summed E-state index contributed by atoms with van der Waals surface area (Å²) in [6, 6.07) is 13.9. The van der Waals surface area contributed by atoms with E-state index in [0.717, 1.165) is 12.0 Å². The van der Waals surface area contributed by atoms with Crippen molar-refractivity contribution in [2.24, 2.45) is 5.92 Å². The van der Waals surface area contributed by atoms with Gasteiger partial charge in [-0.1, -0.05) is 49.7 Å². The van der Waals surface area contributed by atoms with Crippen LogP contribution in [0.15, 0.2) is 48.5 Å². The molecule has 2 aromatic rings. The molecule has 0 spiro atoms. The van der Waals surface area contributed by atoms with Crippen LogP contribution in [0.2, 0.25) is 5.02 Å². The van der Waals surface area contributed by atoms with Gasteiger partial charge >= 0.3 is 0 Å². The minimum absolute atomic E-state index is 0.143. The van der Waals surface area contributed by atoms with Crippen molar-refractivity contribution < 1.29 is 14.3 Å². The summed E-state index contributed by atoms with van der Waals surface area (Å²) in [6.07, 6.45) is 1.04. The van der Waals surface area contributed by atoms with E-state index >= 15 is 0 Å². The molecule has 0 saturated heterocycles. The molecule has 0 radical (unpaired) electrons. The molecule has 0 aliphatic carbocycles. The quantitative estimate of drug-likeness (QED) is 0.725. The molecule has 2 aromatic carbocycles. The van der Waals surface area contributed by atoms with Crippen LogP contribution in [0.1, 0.15) is 36.2 Å². The van der Waals surface area contributed by atoms with Crippen LogP contribution in [0.25, 0.3) is 0 Å². The summed E-state index contributed by atoms with van der Waals surface area (Å²) in [5.74, 6) is 0.272. The summed E-state index contributed by atoms with van der Waals surface area (Å²) in [5.41, 5.74) is 6.03. The summed E-state index contributed by atoms with van der Waals surface area (Å²) in [7, 11) is 0. The fourth-order valence-electron chi connectivity index (χ4n) is 2.21. The minimum atomic E-state index is -0.422. The highest BCUT2D eigenvalue weighted by atomic mass is 35.5. The van der Waals surface area contributed by atoms with Crippen molar-refractivity contribution in [1.29, 1.82) is 0 Å². The van der Waals surface area contributed by atoms with E-state index < -0.39 is 5.91 Å². The number of para-hydroxylation sites is 1. The van der Waals surface area contributed by atoms with Crippen LogP contribution in [0.3, 0.4) is 0 Å². The van der Waals surface area contributed by atoms with Gasteiger partial charge < -0.3 is 4.74 Å². The lowest BCUT2D eigenvalue weighted by molar-refractivity contribution is -0.121. The Kier molecular flexibility index (Phi) is 7.48. The number of ether oxygens (including phenoxy) is 1. The highest BCUT2D eigenvalue weighted by molar-refractivity contribution is 6.30. The predicted molar refractivity (Wildman–Crippen MR) is 102 cm³/mol. The lowest BCUT2D eigenvalue weighted by Crippen LogP contribution is -2.42. The number of nitrogens with one attached hydrogen (secondary N) is 2. The minimum Gasteiger partial charge on any atom is -0.493 e. The van der Waals surface area contributed by atoms with E-state index in [2.05, 4.69) is 24.7 Å². The van der Waals surface area contributed by atoms with E-state index in [4.69, 9.17) is 16.3 Å². The highest BCUT2D eigenvalue weighted by Crippen LogP contribution is 2.18. The second-order valence-corrected chi connectivity index (χ2v) is 6.77. The van der Waals surface area contributed by atoms with Gasteiger partial charge in [0.25, 0.3) is 5.91 Å². The van der Waals surface area contributed by atoms with E-state index in [1.165, 1.54) is 0 Å². The maximum Gasteiger partial charge on any atom is 0.273 e. The standard InChI is InChI=1S/C20H23ClN2O3/c1-14(2)11-12-26-18-6-4-3-5-17(18)20(25)23-22-19(24)13-15-7-9-16(21)10-8-15/h3-10,14H,11-13H2,1-2H3,(H,22,24)(H,23,25). The molecule has 0 aliphatic rings. The van der Waals surface area contributed by atoms with Gasteiger partial charge in [0, 0.05) is 5.02 Å². The fraction of sp³-hybridized carbons (Fsp3) is 0.300. The van der Waals surface area contributed by atoms with Crippen LogP contribution in [0, 0.1) is 5.92 Å². The van der Waals surface area contributed by atoms with Crippen LogP contribution in [-0.4, -0.2) is 18.4 Å². The van der Waals surface area contributed by atoms with Gasteiger partial charge in [0.1, 0.15) is 5.75 Å². The third-order valence-electron chi connectivity index (χ3n) is 3.68. The van der Waals surface area contributed by atoms with Gasteiger partial charge in [0.15, 0.2) is 0 Å². The van der Waals surface area contributed by atoms with Crippen LogP contribution in [0.4, 0.5) is 0 Å². The summed E-state index contributed by atoms with van der Waals surface area (Å²) in [6.45, 7) is 4.75. The fourth-order valence-corrected chi connectivity index (χ4v) is 2.34. The van der Waals surface area contributed by atoms with Crippen molar-refractivity contribution in [3.8, 4) is 5.75 Å². The third kappa shape index (κ3) is 6.41. The third-order valence-corrected chi connectivity index (χ3v) is 3.93. The Labute approximate surface area is 158 Å². The molecule has 0 aliphatic heterocycles. The van der Waals surface area contributed by atoms with Gasteiger partial charge in [-0.25, -0.2) is 0 Å². The van der Waals surface area contributed by atoms with Crippen LogP contribution >= 0.6 is 11.6 Å². The molecule has 5 nitrogen and oxygen atoms in total. The van der Waals surface area contributed by atoms with Crippen LogP contribution < -0.4 is 15.6 Å². The van der Waals surface area contributed by atoms with Crippen molar-refractivity contribution in [2.45, 2.75) is 26.7 Å². The van der Waals surface area contributed by atoms with Gasteiger partial charge in [-0.3, -0.25) is 20.4 Å². The Morgan fingerprint density at radius 3 is 2.42 bits per heavy atom. The Hall–Kier alpha value is -2.53.